The number of aromatic nitrogens is 1. The highest BCUT2D eigenvalue weighted by molar-refractivity contribution is 5.98. The van der Waals surface area contributed by atoms with Gasteiger partial charge in [0.15, 0.2) is 0 Å². The summed E-state index contributed by atoms with van der Waals surface area (Å²) < 4.78 is 19.6. The van der Waals surface area contributed by atoms with Crippen LogP contribution in [0.15, 0.2) is 54.7 Å². The van der Waals surface area contributed by atoms with Crippen molar-refractivity contribution < 1.29 is 19.0 Å². The molecule has 5 nitrogen and oxygen atoms in total. The second-order valence-corrected chi connectivity index (χ2v) is 7.31. The van der Waals surface area contributed by atoms with Crippen LogP contribution in [-0.4, -0.2) is 22.1 Å². The predicted molar refractivity (Wildman–Crippen MR) is 114 cm³/mol. The van der Waals surface area contributed by atoms with Crippen LogP contribution in [0.3, 0.4) is 0 Å². The van der Waals surface area contributed by atoms with Crippen molar-refractivity contribution in [2.45, 2.75) is 40.0 Å². The van der Waals surface area contributed by atoms with Gasteiger partial charge in [-0.15, -0.1) is 0 Å². The van der Waals surface area contributed by atoms with E-state index in [0.717, 1.165) is 0 Å². The molecule has 30 heavy (non-hydrogen) atoms. The second-order valence-electron chi connectivity index (χ2n) is 7.31. The maximum absolute atomic E-state index is 13.8. The standard InChI is InChI=1S/C24H25FN2O3/c1-15(2)30-22-9-8-18(23-19(14-28)5-4-10-26-23)12-20(22)24(29)27-13-17-7-6-16(3)21(25)11-17/h4-12,15,28H,13-14H2,1-3H3,(H,27,29). The lowest BCUT2D eigenvalue weighted by Crippen LogP contribution is -2.24. The SMILES string of the molecule is Cc1ccc(CNC(=O)c2cc(-c3ncccc3CO)ccc2OC(C)C)cc1F. The van der Waals surface area contributed by atoms with Crippen LogP contribution in [-0.2, 0) is 13.2 Å². The molecule has 3 rings (SSSR count). The molecule has 0 saturated heterocycles. The monoisotopic (exact) mass is 408 g/mol. The number of rotatable bonds is 7. The number of nitrogens with zero attached hydrogens (tertiary/aromatic N) is 1. The second kappa shape index (κ2) is 9.50. The van der Waals surface area contributed by atoms with Crippen molar-refractivity contribution in [3.8, 4) is 17.0 Å². The molecule has 0 saturated carbocycles. The van der Waals surface area contributed by atoms with Gasteiger partial charge < -0.3 is 15.2 Å². The van der Waals surface area contributed by atoms with E-state index in [4.69, 9.17) is 4.74 Å². The van der Waals surface area contributed by atoms with E-state index in [1.54, 1.807) is 49.5 Å². The number of nitrogens with one attached hydrogen (secondary N) is 1. The number of amides is 1. The Balaban J connectivity index is 1.91. The van der Waals surface area contributed by atoms with Crippen LogP contribution in [0.1, 0.15) is 40.9 Å². The van der Waals surface area contributed by atoms with Gasteiger partial charge in [-0.3, -0.25) is 9.78 Å². The zero-order valence-electron chi connectivity index (χ0n) is 17.3. The lowest BCUT2D eigenvalue weighted by Gasteiger charge is -2.16. The quantitative estimate of drug-likeness (QED) is 0.608. The highest BCUT2D eigenvalue weighted by Gasteiger charge is 2.17. The molecular formula is C24H25FN2O3. The Hall–Kier alpha value is -3.25. The highest BCUT2D eigenvalue weighted by atomic mass is 19.1. The summed E-state index contributed by atoms with van der Waals surface area (Å²) in [6.07, 6.45) is 1.52. The van der Waals surface area contributed by atoms with Crippen LogP contribution in [0.5, 0.6) is 5.75 Å². The van der Waals surface area contributed by atoms with Gasteiger partial charge in [0.2, 0.25) is 0 Å². The Morgan fingerprint density at radius 2 is 2.00 bits per heavy atom. The molecule has 2 aromatic carbocycles. The third-order valence-electron chi connectivity index (χ3n) is 4.61. The van der Waals surface area contributed by atoms with Crippen LogP contribution < -0.4 is 10.1 Å². The average molecular weight is 408 g/mol. The zero-order chi connectivity index (χ0) is 21.7. The van der Waals surface area contributed by atoms with Crippen LogP contribution in [0.25, 0.3) is 11.3 Å². The lowest BCUT2D eigenvalue weighted by atomic mass is 10.0. The third kappa shape index (κ3) is 5.02. The molecular weight excluding hydrogens is 383 g/mol. The van der Waals surface area contributed by atoms with Crippen LogP contribution in [0.2, 0.25) is 0 Å². The summed E-state index contributed by atoms with van der Waals surface area (Å²) in [6.45, 7) is 5.48. The summed E-state index contributed by atoms with van der Waals surface area (Å²) in [6, 6.07) is 13.6. The Morgan fingerprint density at radius 1 is 1.20 bits per heavy atom. The summed E-state index contributed by atoms with van der Waals surface area (Å²) in [7, 11) is 0. The molecule has 0 radical (unpaired) electrons. The van der Waals surface area contributed by atoms with Crippen molar-refractivity contribution >= 4 is 5.91 Å². The number of carbonyl (C=O) groups excluding carboxylic acids is 1. The molecule has 1 heterocycles. The van der Waals surface area contributed by atoms with Gasteiger partial charge in [0.1, 0.15) is 11.6 Å². The van der Waals surface area contributed by atoms with Crippen molar-refractivity contribution in [3.63, 3.8) is 0 Å². The third-order valence-corrected chi connectivity index (χ3v) is 4.61. The Labute approximate surface area is 175 Å². The van der Waals surface area contributed by atoms with Crippen LogP contribution >= 0.6 is 0 Å². The molecule has 0 atom stereocenters. The van der Waals surface area contributed by atoms with Gasteiger partial charge in [-0.05, 0) is 62.2 Å². The molecule has 0 aliphatic carbocycles. The van der Waals surface area contributed by atoms with Crippen molar-refractivity contribution in [3.05, 3.63) is 82.8 Å². The van der Waals surface area contributed by atoms with E-state index >= 15 is 0 Å². The maximum Gasteiger partial charge on any atom is 0.255 e. The smallest absolute Gasteiger partial charge is 0.255 e. The molecule has 2 N–H and O–H groups in total. The van der Waals surface area contributed by atoms with Gasteiger partial charge in [-0.2, -0.15) is 0 Å². The van der Waals surface area contributed by atoms with E-state index in [9.17, 15) is 14.3 Å². The number of aryl methyl sites for hydroxylation is 1. The maximum atomic E-state index is 13.8. The van der Waals surface area contributed by atoms with E-state index in [-0.39, 0.29) is 31.0 Å². The predicted octanol–water partition coefficient (Wildman–Crippen LogP) is 4.41. The summed E-state index contributed by atoms with van der Waals surface area (Å²) in [5.74, 6) is -0.197. The molecule has 1 aromatic heterocycles. The number of ether oxygens (including phenoxy) is 1. The van der Waals surface area contributed by atoms with Crippen molar-refractivity contribution in [2.24, 2.45) is 0 Å². The molecule has 6 heteroatoms. The van der Waals surface area contributed by atoms with Gasteiger partial charge >= 0.3 is 0 Å². The molecule has 0 spiro atoms. The first-order valence-corrected chi connectivity index (χ1v) is 9.78. The summed E-state index contributed by atoms with van der Waals surface area (Å²) in [5.41, 5.74) is 3.54. The normalized spacial score (nSPS) is 10.9. The molecule has 0 unspecified atom stereocenters. The molecule has 0 aliphatic rings. The Kier molecular flexibility index (Phi) is 6.79. The molecule has 0 fully saturated rings. The highest BCUT2D eigenvalue weighted by Crippen LogP contribution is 2.28. The number of aliphatic hydroxyl groups is 1. The van der Waals surface area contributed by atoms with E-state index < -0.39 is 0 Å². The first-order chi connectivity index (χ1) is 14.4. The number of halogens is 1. The summed E-state index contributed by atoms with van der Waals surface area (Å²) >= 11 is 0. The Morgan fingerprint density at radius 3 is 2.70 bits per heavy atom. The Bertz CT molecular complexity index is 1050. The minimum atomic E-state index is -0.338. The minimum absolute atomic E-state index is 0.114. The van der Waals surface area contributed by atoms with E-state index in [0.29, 0.717) is 39.3 Å². The van der Waals surface area contributed by atoms with E-state index in [2.05, 4.69) is 10.3 Å². The van der Waals surface area contributed by atoms with Gasteiger partial charge in [0, 0.05) is 23.9 Å². The van der Waals surface area contributed by atoms with Gasteiger partial charge in [0.25, 0.3) is 5.91 Å². The van der Waals surface area contributed by atoms with E-state index in [1.807, 2.05) is 19.9 Å². The summed E-state index contributed by atoms with van der Waals surface area (Å²) in [4.78, 5) is 17.3. The number of carbonyl (C=O) groups is 1. The first-order valence-electron chi connectivity index (χ1n) is 9.78. The number of hydrogen-bond acceptors (Lipinski definition) is 4. The topological polar surface area (TPSA) is 71.5 Å². The summed E-state index contributed by atoms with van der Waals surface area (Å²) in [5, 5.41) is 12.4. The van der Waals surface area contributed by atoms with Crippen molar-refractivity contribution in [2.75, 3.05) is 0 Å². The fourth-order valence-corrected chi connectivity index (χ4v) is 3.06. The molecule has 1 amide bonds. The molecule has 3 aromatic rings. The van der Waals surface area contributed by atoms with Crippen LogP contribution in [0, 0.1) is 12.7 Å². The van der Waals surface area contributed by atoms with Gasteiger partial charge in [-0.25, -0.2) is 4.39 Å². The van der Waals surface area contributed by atoms with Crippen LogP contribution in [0.4, 0.5) is 4.39 Å². The van der Waals surface area contributed by atoms with Crippen molar-refractivity contribution in [1.82, 2.24) is 10.3 Å². The largest absolute Gasteiger partial charge is 0.490 e. The van der Waals surface area contributed by atoms with Gasteiger partial charge in [-0.1, -0.05) is 18.2 Å². The minimum Gasteiger partial charge on any atom is -0.490 e. The fraction of sp³-hybridized carbons (Fsp3) is 0.250. The number of pyridine rings is 1. The number of benzene rings is 2. The fourth-order valence-electron chi connectivity index (χ4n) is 3.06. The number of aliphatic hydroxyl groups excluding tert-OH is 1. The number of hydrogen-bond donors (Lipinski definition) is 2. The van der Waals surface area contributed by atoms with E-state index in [1.165, 1.54) is 6.07 Å². The van der Waals surface area contributed by atoms with Gasteiger partial charge in [0.05, 0.1) is 24.0 Å². The van der Waals surface area contributed by atoms with Crippen molar-refractivity contribution in [1.29, 1.82) is 0 Å². The first kappa shape index (κ1) is 21.5. The average Bonchev–Trinajstić information content (AvgIpc) is 2.74. The molecule has 0 aliphatic heterocycles. The lowest BCUT2D eigenvalue weighted by molar-refractivity contribution is 0.0945. The molecule has 156 valence electrons. The molecule has 0 bridgehead atoms. The zero-order valence-corrected chi connectivity index (χ0v) is 17.3.